The highest BCUT2D eigenvalue weighted by molar-refractivity contribution is 9.10. The van der Waals surface area contributed by atoms with Gasteiger partial charge in [0.2, 0.25) is 0 Å². The number of amides is 1. The molecule has 0 saturated heterocycles. The molecule has 0 bridgehead atoms. The van der Waals surface area contributed by atoms with Crippen LogP contribution in [0.15, 0.2) is 65.4 Å². The minimum Gasteiger partial charge on any atom is -0.489 e. The normalized spacial score (nSPS) is 10.5. The van der Waals surface area contributed by atoms with Crippen LogP contribution in [0.5, 0.6) is 5.75 Å². The molecule has 1 N–H and O–H groups in total. The van der Waals surface area contributed by atoms with Crippen LogP contribution >= 0.6 is 15.9 Å². The molecule has 1 heterocycles. The first-order chi connectivity index (χ1) is 12.6. The first-order valence-electron chi connectivity index (χ1n) is 8.03. The van der Waals surface area contributed by atoms with Gasteiger partial charge in [-0.3, -0.25) is 9.48 Å². The Labute approximate surface area is 158 Å². The van der Waals surface area contributed by atoms with E-state index in [1.54, 1.807) is 35.1 Å². The minimum atomic E-state index is -0.298. The lowest BCUT2D eigenvalue weighted by Crippen LogP contribution is -2.27. The summed E-state index contributed by atoms with van der Waals surface area (Å²) in [4.78, 5) is 12.1. The number of benzene rings is 2. The van der Waals surface area contributed by atoms with Crippen LogP contribution < -0.4 is 10.1 Å². The molecule has 0 fully saturated rings. The molecule has 7 heteroatoms. The smallest absolute Gasteiger partial charge is 0.251 e. The molecule has 2 aromatic carbocycles. The van der Waals surface area contributed by atoms with E-state index in [1.807, 2.05) is 18.3 Å². The molecular formula is C19H17BrFN3O2. The SMILES string of the molecule is O=C(NCCn1cc(Br)cn1)c1ccc(COc2ccc(F)cc2)cc1. The summed E-state index contributed by atoms with van der Waals surface area (Å²) >= 11 is 3.33. The zero-order valence-corrected chi connectivity index (χ0v) is 15.4. The molecule has 1 amide bonds. The maximum Gasteiger partial charge on any atom is 0.251 e. The van der Waals surface area contributed by atoms with Crippen molar-refractivity contribution in [2.75, 3.05) is 6.54 Å². The molecule has 1 aromatic heterocycles. The fourth-order valence-corrected chi connectivity index (χ4v) is 2.62. The van der Waals surface area contributed by atoms with Gasteiger partial charge in [-0.15, -0.1) is 0 Å². The van der Waals surface area contributed by atoms with E-state index in [4.69, 9.17) is 4.74 Å². The second-order valence-corrected chi connectivity index (χ2v) is 6.53. The quantitative estimate of drug-likeness (QED) is 0.635. The Morgan fingerprint density at radius 2 is 1.88 bits per heavy atom. The summed E-state index contributed by atoms with van der Waals surface area (Å²) in [6.07, 6.45) is 3.55. The Balaban J connectivity index is 1.46. The summed E-state index contributed by atoms with van der Waals surface area (Å²) in [5, 5.41) is 6.99. The van der Waals surface area contributed by atoms with Gasteiger partial charge in [-0.1, -0.05) is 12.1 Å². The molecule has 3 aromatic rings. The summed E-state index contributed by atoms with van der Waals surface area (Å²) in [6.45, 7) is 1.44. The summed E-state index contributed by atoms with van der Waals surface area (Å²) in [5.74, 6) is 0.161. The third-order valence-corrected chi connectivity index (χ3v) is 4.07. The molecule has 0 aliphatic rings. The number of nitrogens with one attached hydrogen (secondary N) is 1. The molecule has 0 unspecified atom stereocenters. The summed E-state index contributed by atoms with van der Waals surface area (Å²) in [6, 6.07) is 13.0. The Hall–Kier alpha value is -2.67. The Morgan fingerprint density at radius 1 is 1.15 bits per heavy atom. The summed E-state index contributed by atoms with van der Waals surface area (Å²) in [5.41, 5.74) is 1.50. The van der Waals surface area contributed by atoms with Crippen molar-refractivity contribution in [2.45, 2.75) is 13.2 Å². The van der Waals surface area contributed by atoms with Gasteiger partial charge in [0.1, 0.15) is 18.2 Å². The van der Waals surface area contributed by atoms with Gasteiger partial charge in [-0.25, -0.2) is 4.39 Å². The van der Waals surface area contributed by atoms with Gasteiger partial charge in [-0.2, -0.15) is 5.10 Å². The van der Waals surface area contributed by atoms with Crippen molar-refractivity contribution in [1.29, 1.82) is 0 Å². The van der Waals surface area contributed by atoms with Gasteiger partial charge in [0.15, 0.2) is 0 Å². The maximum atomic E-state index is 12.9. The van der Waals surface area contributed by atoms with E-state index in [1.165, 1.54) is 12.1 Å². The first-order valence-corrected chi connectivity index (χ1v) is 8.83. The average Bonchev–Trinajstić information content (AvgIpc) is 3.07. The average molecular weight is 418 g/mol. The third-order valence-electron chi connectivity index (χ3n) is 3.66. The lowest BCUT2D eigenvalue weighted by molar-refractivity contribution is 0.0952. The van der Waals surface area contributed by atoms with Gasteiger partial charge < -0.3 is 10.1 Å². The van der Waals surface area contributed by atoms with Crippen molar-refractivity contribution in [3.8, 4) is 5.75 Å². The van der Waals surface area contributed by atoms with Crippen LogP contribution in [-0.4, -0.2) is 22.2 Å². The van der Waals surface area contributed by atoms with Crippen LogP contribution in [-0.2, 0) is 13.2 Å². The fourth-order valence-electron chi connectivity index (χ4n) is 2.30. The molecule has 0 atom stereocenters. The largest absolute Gasteiger partial charge is 0.489 e. The predicted octanol–water partition coefficient (Wildman–Crippen LogP) is 3.79. The zero-order chi connectivity index (χ0) is 18.4. The van der Waals surface area contributed by atoms with Crippen molar-refractivity contribution in [3.05, 3.63) is 82.3 Å². The van der Waals surface area contributed by atoms with E-state index >= 15 is 0 Å². The standard InChI is InChI=1S/C19H17BrFN3O2/c20-16-11-23-24(12-16)10-9-22-19(25)15-3-1-14(2-4-15)13-26-18-7-5-17(21)6-8-18/h1-8,11-12H,9-10,13H2,(H,22,25). The third kappa shape index (κ3) is 5.16. The molecule has 3 rings (SSSR count). The second kappa shape index (κ2) is 8.62. The first kappa shape index (κ1) is 18.1. The van der Waals surface area contributed by atoms with Crippen molar-refractivity contribution in [1.82, 2.24) is 15.1 Å². The summed E-state index contributed by atoms with van der Waals surface area (Å²) < 4.78 is 21.1. The molecule has 0 aliphatic carbocycles. The number of hydrogen-bond donors (Lipinski definition) is 1. The molecule has 0 aliphatic heterocycles. The van der Waals surface area contributed by atoms with E-state index < -0.39 is 0 Å². The monoisotopic (exact) mass is 417 g/mol. The van der Waals surface area contributed by atoms with E-state index in [0.29, 0.717) is 31.0 Å². The van der Waals surface area contributed by atoms with E-state index in [0.717, 1.165) is 10.0 Å². The predicted molar refractivity (Wildman–Crippen MR) is 99.4 cm³/mol. The molecule has 134 valence electrons. The van der Waals surface area contributed by atoms with E-state index in [-0.39, 0.29) is 11.7 Å². The van der Waals surface area contributed by atoms with Crippen molar-refractivity contribution >= 4 is 21.8 Å². The number of carbonyl (C=O) groups is 1. The summed E-state index contributed by atoms with van der Waals surface area (Å²) in [7, 11) is 0. The maximum absolute atomic E-state index is 12.9. The van der Waals surface area contributed by atoms with Crippen LogP contribution in [0, 0.1) is 5.82 Å². The number of carbonyl (C=O) groups excluding carboxylic acids is 1. The van der Waals surface area contributed by atoms with Crippen LogP contribution in [0.4, 0.5) is 4.39 Å². The lowest BCUT2D eigenvalue weighted by Gasteiger charge is -2.08. The molecule has 5 nitrogen and oxygen atoms in total. The van der Waals surface area contributed by atoms with Crippen LogP contribution in [0.2, 0.25) is 0 Å². The second-order valence-electron chi connectivity index (χ2n) is 5.62. The topological polar surface area (TPSA) is 56.2 Å². The Bertz CT molecular complexity index is 863. The number of ether oxygens (including phenoxy) is 1. The number of nitrogens with zero attached hydrogens (tertiary/aromatic N) is 2. The van der Waals surface area contributed by atoms with Crippen LogP contribution in [0.3, 0.4) is 0 Å². The van der Waals surface area contributed by atoms with Crippen molar-refractivity contribution in [2.24, 2.45) is 0 Å². The Kier molecular flexibility index (Phi) is 6.01. The molecule has 0 radical (unpaired) electrons. The highest BCUT2D eigenvalue weighted by Gasteiger charge is 2.05. The molecule has 26 heavy (non-hydrogen) atoms. The van der Waals surface area contributed by atoms with Crippen molar-refractivity contribution in [3.63, 3.8) is 0 Å². The number of halogens is 2. The fraction of sp³-hybridized carbons (Fsp3) is 0.158. The molecular weight excluding hydrogens is 401 g/mol. The van der Waals surface area contributed by atoms with E-state index in [9.17, 15) is 9.18 Å². The number of rotatable bonds is 7. The minimum absolute atomic E-state index is 0.137. The van der Waals surface area contributed by atoms with Gasteiger partial charge in [0.25, 0.3) is 5.91 Å². The van der Waals surface area contributed by atoms with Gasteiger partial charge in [0.05, 0.1) is 17.2 Å². The zero-order valence-electron chi connectivity index (χ0n) is 13.9. The van der Waals surface area contributed by atoms with Gasteiger partial charge >= 0.3 is 0 Å². The van der Waals surface area contributed by atoms with Crippen LogP contribution in [0.1, 0.15) is 15.9 Å². The highest BCUT2D eigenvalue weighted by Crippen LogP contribution is 2.14. The number of aromatic nitrogens is 2. The van der Waals surface area contributed by atoms with E-state index in [2.05, 4.69) is 26.3 Å². The van der Waals surface area contributed by atoms with Gasteiger partial charge in [-0.05, 0) is 57.9 Å². The lowest BCUT2D eigenvalue weighted by atomic mass is 10.1. The van der Waals surface area contributed by atoms with Gasteiger partial charge in [0, 0.05) is 18.3 Å². The molecule has 0 saturated carbocycles. The molecule has 0 spiro atoms. The number of hydrogen-bond acceptors (Lipinski definition) is 3. The van der Waals surface area contributed by atoms with Crippen molar-refractivity contribution < 1.29 is 13.9 Å². The Morgan fingerprint density at radius 3 is 2.54 bits per heavy atom. The highest BCUT2D eigenvalue weighted by atomic mass is 79.9. The van der Waals surface area contributed by atoms with Crippen LogP contribution in [0.25, 0.3) is 0 Å².